The van der Waals surface area contributed by atoms with E-state index in [2.05, 4.69) is 5.32 Å². The molecule has 0 spiro atoms. The lowest BCUT2D eigenvalue weighted by Gasteiger charge is -2.26. The minimum absolute atomic E-state index is 0.170. The van der Waals surface area contributed by atoms with Gasteiger partial charge in [-0.2, -0.15) is 0 Å². The molecule has 0 unspecified atom stereocenters. The van der Waals surface area contributed by atoms with E-state index in [-0.39, 0.29) is 32.1 Å². The third-order valence-corrected chi connectivity index (χ3v) is 2.73. The van der Waals surface area contributed by atoms with Gasteiger partial charge in [-0.1, -0.05) is 12.1 Å². The van der Waals surface area contributed by atoms with Crippen LogP contribution in [0.4, 0.5) is 0 Å². The standard InChI is InChI=1S/C14H21NO4/c1-11-4-3-5-12(8-11)19-7-6-13(18)15-14(2,9-16)10-17/h3-5,8,16-17H,6-7,9-10H2,1-2H3,(H,15,18). The predicted octanol–water partition coefficient (Wildman–Crippen LogP) is 0.623. The van der Waals surface area contributed by atoms with E-state index in [1.807, 2.05) is 31.2 Å². The summed E-state index contributed by atoms with van der Waals surface area (Å²) in [6, 6.07) is 7.58. The van der Waals surface area contributed by atoms with Crippen molar-refractivity contribution in [3.8, 4) is 5.75 Å². The molecule has 0 fully saturated rings. The molecule has 106 valence electrons. The highest BCUT2D eigenvalue weighted by Crippen LogP contribution is 2.12. The van der Waals surface area contributed by atoms with Crippen LogP contribution in [0.25, 0.3) is 0 Å². The van der Waals surface area contributed by atoms with Crippen LogP contribution in [0.1, 0.15) is 18.9 Å². The van der Waals surface area contributed by atoms with Crippen LogP contribution in [0.5, 0.6) is 5.75 Å². The molecule has 19 heavy (non-hydrogen) atoms. The average Bonchev–Trinajstić information content (AvgIpc) is 2.38. The first kappa shape index (κ1) is 15.5. The monoisotopic (exact) mass is 267 g/mol. The minimum Gasteiger partial charge on any atom is -0.493 e. The number of aliphatic hydroxyl groups excluding tert-OH is 2. The second kappa shape index (κ2) is 7.11. The molecule has 0 saturated heterocycles. The van der Waals surface area contributed by atoms with Gasteiger partial charge in [-0.05, 0) is 31.5 Å². The van der Waals surface area contributed by atoms with E-state index in [0.29, 0.717) is 0 Å². The Labute approximate surface area is 113 Å². The highest BCUT2D eigenvalue weighted by Gasteiger charge is 2.24. The Morgan fingerprint density at radius 3 is 2.63 bits per heavy atom. The lowest BCUT2D eigenvalue weighted by molar-refractivity contribution is -0.124. The smallest absolute Gasteiger partial charge is 0.224 e. The molecule has 0 aliphatic carbocycles. The predicted molar refractivity (Wildman–Crippen MR) is 72.0 cm³/mol. The third-order valence-electron chi connectivity index (χ3n) is 2.73. The quantitative estimate of drug-likeness (QED) is 0.677. The van der Waals surface area contributed by atoms with Crippen molar-refractivity contribution in [2.45, 2.75) is 25.8 Å². The Kier molecular flexibility index (Phi) is 5.79. The Hall–Kier alpha value is -1.59. The molecular formula is C14H21NO4. The summed E-state index contributed by atoms with van der Waals surface area (Å²) in [5.41, 5.74) is 0.107. The second-order valence-electron chi connectivity index (χ2n) is 4.84. The van der Waals surface area contributed by atoms with Crippen molar-refractivity contribution < 1.29 is 19.7 Å². The summed E-state index contributed by atoms with van der Waals surface area (Å²) in [5, 5.41) is 20.7. The number of hydrogen-bond acceptors (Lipinski definition) is 4. The van der Waals surface area contributed by atoms with Gasteiger partial charge in [0.1, 0.15) is 5.75 Å². The normalized spacial score (nSPS) is 11.2. The number of amides is 1. The number of carbonyl (C=O) groups is 1. The van der Waals surface area contributed by atoms with Gasteiger partial charge in [0.15, 0.2) is 0 Å². The zero-order valence-electron chi connectivity index (χ0n) is 11.3. The summed E-state index contributed by atoms with van der Waals surface area (Å²) >= 11 is 0. The number of carbonyl (C=O) groups excluding carboxylic acids is 1. The van der Waals surface area contributed by atoms with Gasteiger partial charge in [-0.25, -0.2) is 0 Å². The fraction of sp³-hybridized carbons (Fsp3) is 0.500. The van der Waals surface area contributed by atoms with Gasteiger partial charge in [0.05, 0.1) is 31.8 Å². The molecule has 0 saturated carbocycles. The Morgan fingerprint density at radius 2 is 2.05 bits per heavy atom. The van der Waals surface area contributed by atoms with Crippen molar-refractivity contribution in [2.75, 3.05) is 19.8 Å². The second-order valence-corrected chi connectivity index (χ2v) is 4.84. The van der Waals surface area contributed by atoms with Crippen LogP contribution in [0, 0.1) is 6.92 Å². The van der Waals surface area contributed by atoms with Crippen molar-refractivity contribution in [1.82, 2.24) is 5.32 Å². The molecule has 1 rings (SSSR count). The summed E-state index contributed by atoms with van der Waals surface area (Å²) in [4.78, 5) is 11.6. The number of ether oxygens (including phenoxy) is 1. The molecule has 0 radical (unpaired) electrons. The first-order chi connectivity index (χ1) is 8.99. The van der Waals surface area contributed by atoms with Crippen LogP contribution >= 0.6 is 0 Å². The van der Waals surface area contributed by atoms with Crippen LogP contribution in [0.3, 0.4) is 0 Å². The van der Waals surface area contributed by atoms with E-state index in [4.69, 9.17) is 14.9 Å². The van der Waals surface area contributed by atoms with Gasteiger partial charge in [-0.3, -0.25) is 4.79 Å². The zero-order valence-corrected chi connectivity index (χ0v) is 11.3. The van der Waals surface area contributed by atoms with Gasteiger partial charge < -0.3 is 20.3 Å². The van der Waals surface area contributed by atoms with Crippen LogP contribution in [0.15, 0.2) is 24.3 Å². The van der Waals surface area contributed by atoms with Crippen molar-refractivity contribution >= 4 is 5.91 Å². The molecule has 0 aromatic heterocycles. The van der Waals surface area contributed by atoms with E-state index >= 15 is 0 Å². The fourth-order valence-corrected chi connectivity index (χ4v) is 1.49. The highest BCUT2D eigenvalue weighted by molar-refractivity contribution is 5.76. The van der Waals surface area contributed by atoms with E-state index < -0.39 is 5.54 Å². The molecule has 1 amide bonds. The summed E-state index contributed by atoms with van der Waals surface area (Å²) < 4.78 is 5.45. The molecule has 5 nitrogen and oxygen atoms in total. The summed E-state index contributed by atoms with van der Waals surface area (Å²) in [7, 11) is 0. The molecule has 0 heterocycles. The number of rotatable bonds is 7. The molecule has 0 bridgehead atoms. The Morgan fingerprint density at radius 1 is 1.37 bits per heavy atom. The largest absolute Gasteiger partial charge is 0.493 e. The molecule has 0 aliphatic rings. The summed E-state index contributed by atoms with van der Waals surface area (Å²) in [6.07, 6.45) is 0.170. The number of aliphatic hydroxyl groups is 2. The van der Waals surface area contributed by atoms with Crippen molar-refractivity contribution in [3.05, 3.63) is 29.8 Å². The lowest BCUT2D eigenvalue weighted by atomic mass is 10.1. The van der Waals surface area contributed by atoms with Crippen LogP contribution in [-0.4, -0.2) is 41.5 Å². The average molecular weight is 267 g/mol. The van der Waals surface area contributed by atoms with E-state index in [0.717, 1.165) is 11.3 Å². The Bertz CT molecular complexity index is 416. The number of benzene rings is 1. The van der Waals surface area contributed by atoms with E-state index in [9.17, 15) is 4.79 Å². The maximum absolute atomic E-state index is 11.6. The Balaban J connectivity index is 2.35. The SMILES string of the molecule is Cc1cccc(OCCC(=O)NC(C)(CO)CO)c1. The van der Waals surface area contributed by atoms with Crippen molar-refractivity contribution in [1.29, 1.82) is 0 Å². The molecule has 1 aromatic carbocycles. The molecule has 3 N–H and O–H groups in total. The van der Waals surface area contributed by atoms with Gasteiger partial charge in [-0.15, -0.1) is 0 Å². The minimum atomic E-state index is -0.986. The van der Waals surface area contributed by atoms with Gasteiger partial charge >= 0.3 is 0 Å². The van der Waals surface area contributed by atoms with Crippen molar-refractivity contribution in [2.24, 2.45) is 0 Å². The maximum Gasteiger partial charge on any atom is 0.224 e. The highest BCUT2D eigenvalue weighted by atomic mass is 16.5. The fourth-order valence-electron chi connectivity index (χ4n) is 1.49. The molecule has 5 heteroatoms. The molecule has 1 aromatic rings. The first-order valence-electron chi connectivity index (χ1n) is 6.21. The number of nitrogens with one attached hydrogen (secondary N) is 1. The first-order valence-corrected chi connectivity index (χ1v) is 6.21. The third kappa shape index (κ3) is 5.28. The number of hydrogen-bond donors (Lipinski definition) is 3. The molecule has 0 atom stereocenters. The molecular weight excluding hydrogens is 246 g/mol. The van der Waals surface area contributed by atoms with E-state index in [1.54, 1.807) is 6.92 Å². The van der Waals surface area contributed by atoms with Crippen molar-refractivity contribution in [3.63, 3.8) is 0 Å². The van der Waals surface area contributed by atoms with Gasteiger partial charge in [0.2, 0.25) is 5.91 Å². The number of aryl methyl sites for hydroxylation is 1. The zero-order chi connectivity index (χ0) is 14.3. The summed E-state index contributed by atoms with van der Waals surface area (Å²) in [5.74, 6) is 0.457. The molecule has 0 aliphatic heterocycles. The summed E-state index contributed by atoms with van der Waals surface area (Å²) in [6.45, 7) is 3.17. The topological polar surface area (TPSA) is 78.8 Å². The maximum atomic E-state index is 11.6. The van der Waals surface area contributed by atoms with Crippen LogP contribution in [0.2, 0.25) is 0 Å². The van der Waals surface area contributed by atoms with Crippen LogP contribution in [-0.2, 0) is 4.79 Å². The van der Waals surface area contributed by atoms with Crippen LogP contribution < -0.4 is 10.1 Å². The van der Waals surface area contributed by atoms with Gasteiger partial charge in [0, 0.05) is 0 Å². The van der Waals surface area contributed by atoms with Gasteiger partial charge in [0.25, 0.3) is 0 Å². The van der Waals surface area contributed by atoms with E-state index in [1.165, 1.54) is 0 Å². The lowest BCUT2D eigenvalue weighted by Crippen LogP contribution is -2.51.